The summed E-state index contributed by atoms with van der Waals surface area (Å²) in [5.41, 5.74) is 0. The fourth-order valence-electron chi connectivity index (χ4n) is 3.48. The van der Waals surface area contributed by atoms with Crippen LogP contribution in [0.15, 0.2) is 27.3 Å². The third-order valence-electron chi connectivity index (χ3n) is 5.18. The number of carbonyl (C=O) groups excluding carboxylic acids is 2. The zero-order valence-electron chi connectivity index (χ0n) is 17.2. The molecule has 2 aromatic rings. The molecule has 0 N–H and O–H groups in total. The summed E-state index contributed by atoms with van der Waals surface area (Å²) in [5, 5.41) is 3.88. The fraction of sp³-hybridized carbons (Fsp3) is 0.600. The van der Waals surface area contributed by atoms with Crippen LogP contribution in [0.2, 0.25) is 0 Å². The zero-order valence-corrected chi connectivity index (χ0v) is 17.2. The van der Waals surface area contributed by atoms with Crippen LogP contribution in [0.5, 0.6) is 0 Å². The number of amides is 2. The van der Waals surface area contributed by atoms with Crippen molar-refractivity contribution in [3.8, 4) is 11.6 Å². The van der Waals surface area contributed by atoms with E-state index in [0.29, 0.717) is 56.5 Å². The van der Waals surface area contributed by atoms with Crippen LogP contribution >= 0.6 is 0 Å². The molecule has 1 saturated heterocycles. The number of aryl methyl sites for hydroxylation is 1. The smallest absolute Gasteiger partial charge is 0.238 e. The molecule has 1 fully saturated rings. The van der Waals surface area contributed by atoms with E-state index in [2.05, 4.69) is 15.0 Å². The number of hydrogen-bond donors (Lipinski definition) is 0. The highest BCUT2D eigenvalue weighted by Gasteiger charge is 2.22. The molecular weight excluding hydrogens is 374 g/mol. The molecule has 1 aliphatic rings. The average molecular weight is 403 g/mol. The molecule has 9 heteroatoms. The van der Waals surface area contributed by atoms with Gasteiger partial charge in [0.1, 0.15) is 0 Å². The molecule has 0 spiro atoms. The Bertz CT molecular complexity index is 785. The first-order valence-corrected chi connectivity index (χ1v) is 10.2. The van der Waals surface area contributed by atoms with Crippen molar-refractivity contribution in [1.29, 1.82) is 0 Å². The summed E-state index contributed by atoms with van der Waals surface area (Å²) in [5.74, 6) is 1.57. The van der Waals surface area contributed by atoms with Crippen molar-refractivity contribution in [1.82, 2.24) is 24.8 Å². The van der Waals surface area contributed by atoms with Crippen LogP contribution in [0, 0.1) is 0 Å². The Labute approximate surface area is 170 Å². The molecule has 0 unspecified atom stereocenters. The first-order valence-electron chi connectivity index (χ1n) is 10.2. The van der Waals surface area contributed by atoms with Gasteiger partial charge in [-0.2, -0.15) is 4.98 Å². The molecule has 2 aromatic heterocycles. The highest BCUT2D eigenvalue weighted by Crippen LogP contribution is 2.16. The molecule has 0 aliphatic carbocycles. The summed E-state index contributed by atoms with van der Waals surface area (Å²) >= 11 is 0. The lowest BCUT2D eigenvalue weighted by Crippen LogP contribution is -2.42. The van der Waals surface area contributed by atoms with Gasteiger partial charge in [0.15, 0.2) is 5.76 Å². The Morgan fingerprint density at radius 3 is 2.72 bits per heavy atom. The predicted molar refractivity (Wildman–Crippen MR) is 106 cm³/mol. The molecule has 2 amide bonds. The van der Waals surface area contributed by atoms with Crippen LogP contribution in [-0.4, -0.2) is 82.5 Å². The maximum absolute atomic E-state index is 12.6. The second-order valence-corrected chi connectivity index (χ2v) is 7.07. The van der Waals surface area contributed by atoms with Crippen molar-refractivity contribution >= 4 is 11.8 Å². The van der Waals surface area contributed by atoms with Crippen LogP contribution in [0.25, 0.3) is 11.6 Å². The van der Waals surface area contributed by atoms with E-state index in [0.717, 1.165) is 26.1 Å². The largest absolute Gasteiger partial charge is 0.461 e. The highest BCUT2D eigenvalue weighted by molar-refractivity contribution is 5.78. The van der Waals surface area contributed by atoms with Gasteiger partial charge in [0.05, 0.1) is 12.8 Å². The van der Waals surface area contributed by atoms with E-state index >= 15 is 0 Å². The Hall–Kier alpha value is -2.68. The fourth-order valence-corrected chi connectivity index (χ4v) is 3.48. The van der Waals surface area contributed by atoms with Crippen LogP contribution in [0.1, 0.15) is 32.6 Å². The van der Waals surface area contributed by atoms with E-state index in [4.69, 9.17) is 8.94 Å². The molecule has 0 saturated carbocycles. The second kappa shape index (κ2) is 10.2. The van der Waals surface area contributed by atoms with Gasteiger partial charge in [-0.1, -0.05) is 5.16 Å². The van der Waals surface area contributed by atoms with E-state index in [1.54, 1.807) is 18.4 Å². The van der Waals surface area contributed by atoms with Crippen molar-refractivity contribution in [2.45, 2.75) is 33.1 Å². The number of likely N-dealkylation sites (N-methyl/N-ethyl adjacent to an activating group) is 1. The number of furan rings is 1. The van der Waals surface area contributed by atoms with Crippen LogP contribution < -0.4 is 0 Å². The summed E-state index contributed by atoms with van der Waals surface area (Å²) < 4.78 is 10.5. The van der Waals surface area contributed by atoms with Crippen LogP contribution in [0.4, 0.5) is 0 Å². The summed E-state index contributed by atoms with van der Waals surface area (Å²) in [6, 6.07) is 3.51. The number of aromatic nitrogens is 2. The maximum atomic E-state index is 12.6. The van der Waals surface area contributed by atoms with Crippen molar-refractivity contribution in [3.63, 3.8) is 0 Å². The third-order valence-corrected chi connectivity index (χ3v) is 5.18. The van der Waals surface area contributed by atoms with E-state index in [-0.39, 0.29) is 11.8 Å². The van der Waals surface area contributed by atoms with E-state index < -0.39 is 0 Å². The third kappa shape index (κ3) is 5.66. The molecule has 0 radical (unpaired) electrons. The molecular formula is C20H29N5O4. The minimum absolute atomic E-state index is 0.0691. The zero-order chi connectivity index (χ0) is 20.6. The molecule has 1 aliphatic heterocycles. The molecule has 158 valence electrons. The molecule has 3 rings (SSSR count). The minimum Gasteiger partial charge on any atom is -0.461 e. The van der Waals surface area contributed by atoms with Crippen molar-refractivity contribution in [2.75, 3.05) is 45.8 Å². The summed E-state index contributed by atoms with van der Waals surface area (Å²) in [4.78, 5) is 35.1. The van der Waals surface area contributed by atoms with Gasteiger partial charge in [-0.3, -0.25) is 14.5 Å². The first-order chi connectivity index (χ1) is 14.1. The summed E-state index contributed by atoms with van der Waals surface area (Å²) in [6.45, 7) is 8.73. The lowest BCUT2D eigenvalue weighted by molar-refractivity contribution is -0.132. The van der Waals surface area contributed by atoms with E-state index in [9.17, 15) is 9.59 Å². The normalized spacial score (nSPS) is 15.3. The van der Waals surface area contributed by atoms with Gasteiger partial charge in [0, 0.05) is 52.1 Å². The minimum atomic E-state index is 0.0691. The van der Waals surface area contributed by atoms with Crippen molar-refractivity contribution in [3.05, 3.63) is 24.3 Å². The van der Waals surface area contributed by atoms with Gasteiger partial charge in [-0.05, 0) is 32.4 Å². The van der Waals surface area contributed by atoms with E-state index in [1.165, 1.54) is 0 Å². The molecule has 0 bridgehead atoms. The van der Waals surface area contributed by atoms with Crippen LogP contribution in [-0.2, 0) is 16.0 Å². The molecule has 0 aromatic carbocycles. The van der Waals surface area contributed by atoms with Gasteiger partial charge >= 0.3 is 0 Å². The maximum Gasteiger partial charge on any atom is 0.238 e. The van der Waals surface area contributed by atoms with Crippen molar-refractivity contribution < 1.29 is 18.5 Å². The molecule has 9 nitrogen and oxygen atoms in total. The standard InChI is InChI=1S/C20H29N5O4/c1-3-24(4-2)19(27)15-23-10-6-11-25(13-12-23)18(26)9-8-17-21-20(22-29-17)16-7-5-14-28-16/h5,7,14H,3-4,6,8-13,15H2,1-2H3. The van der Waals surface area contributed by atoms with Gasteiger partial charge in [-0.15, -0.1) is 0 Å². The monoisotopic (exact) mass is 403 g/mol. The SMILES string of the molecule is CCN(CC)C(=O)CN1CCCN(C(=O)CCc2nc(-c3ccco3)no2)CC1. The second-order valence-electron chi connectivity index (χ2n) is 7.07. The molecule has 3 heterocycles. The lowest BCUT2D eigenvalue weighted by Gasteiger charge is -2.25. The predicted octanol–water partition coefficient (Wildman–Crippen LogP) is 1.66. The van der Waals surface area contributed by atoms with Crippen LogP contribution in [0.3, 0.4) is 0 Å². The number of hydrogen-bond acceptors (Lipinski definition) is 7. The van der Waals surface area contributed by atoms with Crippen molar-refractivity contribution in [2.24, 2.45) is 0 Å². The van der Waals surface area contributed by atoms with E-state index in [1.807, 2.05) is 23.6 Å². The van der Waals surface area contributed by atoms with Gasteiger partial charge in [0.25, 0.3) is 0 Å². The Morgan fingerprint density at radius 2 is 2.00 bits per heavy atom. The Kier molecular flexibility index (Phi) is 7.40. The average Bonchev–Trinajstić information content (AvgIpc) is 3.36. The van der Waals surface area contributed by atoms with Gasteiger partial charge in [0.2, 0.25) is 23.5 Å². The summed E-state index contributed by atoms with van der Waals surface area (Å²) in [7, 11) is 0. The van der Waals surface area contributed by atoms with Gasteiger partial charge in [-0.25, -0.2) is 0 Å². The quantitative estimate of drug-likeness (QED) is 0.661. The topological polar surface area (TPSA) is 95.9 Å². The Morgan fingerprint density at radius 1 is 1.17 bits per heavy atom. The number of nitrogens with zero attached hydrogens (tertiary/aromatic N) is 5. The van der Waals surface area contributed by atoms with Gasteiger partial charge < -0.3 is 18.7 Å². The number of rotatable bonds is 8. The summed E-state index contributed by atoms with van der Waals surface area (Å²) in [6.07, 6.45) is 3.12. The Balaban J connectivity index is 1.45. The molecule has 0 atom stereocenters. The molecule has 29 heavy (non-hydrogen) atoms. The first kappa shape index (κ1) is 21.0. The highest BCUT2D eigenvalue weighted by atomic mass is 16.5. The number of carbonyl (C=O) groups is 2. The lowest BCUT2D eigenvalue weighted by atomic mass is 10.2.